The van der Waals surface area contributed by atoms with Crippen molar-refractivity contribution in [2.75, 3.05) is 18.4 Å². The van der Waals surface area contributed by atoms with Gasteiger partial charge in [0.25, 0.3) is 0 Å². The molecule has 0 atom stereocenters. The van der Waals surface area contributed by atoms with Crippen LogP contribution in [0.4, 0.5) is 5.69 Å². The van der Waals surface area contributed by atoms with Gasteiger partial charge in [0.05, 0.1) is 0 Å². The first-order chi connectivity index (χ1) is 12.0. The van der Waals surface area contributed by atoms with Crippen molar-refractivity contribution in [3.05, 3.63) is 30.3 Å². The number of likely N-dealkylation sites (tertiary alicyclic amines) is 1. The predicted octanol–water partition coefficient (Wildman–Crippen LogP) is 3.63. The zero-order valence-electron chi connectivity index (χ0n) is 15.7. The lowest BCUT2D eigenvalue weighted by Gasteiger charge is -2.44. The van der Waals surface area contributed by atoms with Gasteiger partial charge in [-0.3, -0.25) is 4.79 Å². The number of benzene rings is 1. The van der Waals surface area contributed by atoms with E-state index in [1.54, 1.807) is 0 Å². The molecule has 1 saturated carbocycles. The van der Waals surface area contributed by atoms with Crippen molar-refractivity contribution in [3.8, 4) is 0 Å². The number of nitrogens with zero attached hydrogens (tertiary/aromatic N) is 1. The fourth-order valence-electron chi connectivity index (χ4n) is 4.39. The van der Waals surface area contributed by atoms with Crippen LogP contribution in [-0.2, 0) is 4.79 Å². The van der Waals surface area contributed by atoms with Crippen LogP contribution in [0.3, 0.4) is 0 Å². The molecule has 1 heterocycles. The highest BCUT2D eigenvalue weighted by molar-refractivity contribution is 5.89. The fourth-order valence-corrected chi connectivity index (χ4v) is 4.39. The topological polar surface area (TPSA) is 58.4 Å². The van der Waals surface area contributed by atoms with Crippen LogP contribution >= 0.6 is 0 Å². The van der Waals surface area contributed by atoms with Gasteiger partial charge in [0.1, 0.15) is 5.54 Å². The Bertz CT molecular complexity index is 556. The minimum absolute atomic E-state index is 0.227. The summed E-state index contributed by atoms with van der Waals surface area (Å²) in [6.07, 6.45) is 5.73. The van der Waals surface area contributed by atoms with Gasteiger partial charge in [-0.2, -0.15) is 0 Å². The van der Waals surface area contributed by atoms with Crippen LogP contribution in [0, 0.1) is 11.8 Å². The molecule has 1 aromatic carbocycles. The van der Waals surface area contributed by atoms with E-state index in [4.69, 9.17) is 5.73 Å². The molecular weight excluding hydrogens is 310 g/mol. The third-order valence-corrected chi connectivity index (χ3v) is 6.22. The number of rotatable bonds is 4. The standard InChI is InChI=1S/C21H33N3O/c1-16(2)17-10-14-24(15-11-17)20(25)21(12-8-18(22)9-13-21)23-19-6-4-3-5-7-19/h3-7,16-18,23H,8-15,22H2,1-2H3. The van der Waals surface area contributed by atoms with Gasteiger partial charge < -0.3 is 16.0 Å². The normalized spacial score (nSPS) is 28.2. The van der Waals surface area contributed by atoms with E-state index < -0.39 is 5.54 Å². The zero-order valence-corrected chi connectivity index (χ0v) is 15.7. The highest BCUT2D eigenvalue weighted by Gasteiger charge is 2.44. The summed E-state index contributed by atoms with van der Waals surface area (Å²) >= 11 is 0. The molecule has 3 N–H and O–H groups in total. The Kier molecular flexibility index (Phi) is 5.67. The maximum absolute atomic E-state index is 13.5. The monoisotopic (exact) mass is 343 g/mol. The van der Waals surface area contributed by atoms with Crippen molar-refractivity contribution in [2.45, 2.75) is 64.0 Å². The van der Waals surface area contributed by atoms with Crippen molar-refractivity contribution in [1.29, 1.82) is 0 Å². The number of nitrogens with two attached hydrogens (primary N) is 1. The van der Waals surface area contributed by atoms with Gasteiger partial charge in [-0.1, -0.05) is 32.0 Å². The fraction of sp³-hybridized carbons (Fsp3) is 0.667. The highest BCUT2D eigenvalue weighted by Crippen LogP contribution is 2.35. The minimum atomic E-state index is -0.484. The first-order valence-corrected chi connectivity index (χ1v) is 9.88. The molecule has 4 heteroatoms. The smallest absolute Gasteiger partial charge is 0.248 e. The molecule has 1 aromatic rings. The molecule has 2 fully saturated rings. The second-order valence-electron chi connectivity index (χ2n) is 8.28. The van der Waals surface area contributed by atoms with Gasteiger partial charge in [-0.05, 0) is 62.5 Å². The second kappa shape index (κ2) is 7.77. The van der Waals surface area contributed by atoms with Gasteiger partial charge >= 0.3 is 0 Å². The lowest BCUT2D eigenvalue weighted by atomic mass is 9.77. The molecule has 138 valence electrons. The molecule has 3 rings (SSSR count). The van der Waals surface area contributed by atoms with E-state index in [9.17, 15) is 4.79 Å². The van der Waals surface area contributed by atoms with Crippen LogP contribution in [-0.4, -0.2) is 35.5 Å². The van der Waals surface area contributed by atoms with Crippen LogP contribution in [0.1, 0.15) is 52.4 Å². The lowest BCUT2D eigenvalue weighted by Crippen LogP contribution is -2.58. The molecule has 1 aliphatic carbocycles. The number of hydrogen-bond donors (Lipinski definition) is 2. The molecule has 0 unspecified atom stereocenters. The van der Waals surface area contributed by atoms with E-state index in [0.29, 0.717) is 5.92 Å². The summed E-state index contributed by atoms with van der Waals surface area (Å²) in [5.41, 5.74) is 6.67. The Morgan fingerprint density at radius 1 is 1.12 bits per heavy atom. The van der Waals surface area contributed by atoms with Gasteiger partial charge in [-0.25, -0.2) is 0 Å². The summed E-state index contributed by atoms with van der Waals surface area (Å²) in [6.45, 7) is 6.38. The van der Waals surface area contributed by atoms with Gasteiger partial charge in [0.15, 0.2) is 0 Å². The second-order valence-corrected chi connectivity index (χ2v) is 8.28. The maximum Gasteiger partial charge on any atom is 0.248 e. The summed E-state index contributed by atoms with van der Waals surface area (Å²) in [4.78, 5) is 15.6. The molecule has 0 spiro atoms. The molecule has 2 aliphatic rings. The number of hydrogen-bond acceptors (Lipinski definition) is 3. The molecule has 25 heavy (non-hydrogen) atoms. The average Bonchev–Trinajstić information content (AvgIpc) is 2.64. The molecule has 1 amide bonds. The van der Waals surface area contributed by atoms with Crippen molar-refractivity contribution >= 4 is 11.6 Å². The average molecular weight is 344 g/mol. The van der Waals surface area contributed by atoms with E-state index in [0.717, 1.165) is 63.2 Å². The summed E-state index contributed by atoms with van der Waals surface area (Å²) < 4.78 is 0. The number of para-hydroxylation sites is 1. The molecule has 1 saturated heterocycles. The Morgan fingerprint density at radius 2 is 1.72 bits per heavy atom. The van der Waals surface area contributed by atoms with Crippen molar-refractivity contribution in [2.24, 2.45) is 17.6 Å². The molecule has 0 radical (unpaired) electrons. The number of carbonyl (C=O) groups is 1. The van der Waals surface area contributed by atoms with Crippen LogP contribution in [0.25, 0.3) is 0 Å². The first-order valence-electron chi connectivity index (χ1n) is 9.88. The summed E-state index contributed by atoms with van der Waals surface area (Å²) in [5.74, 6) is 1.74. The van der Waals surface area contributed by atoms with Crippen LogP contribution in [0.5, 0.6) is 0 Å². The molecule has 0 bridgehead atoms. The van der Waals surface area contributed by atoms with Crippen LogP contribution in [0.15, 0.2) is 30.3 Å². The number of carbonyl (C=O) groups excluding carboxylic acids is 1. The minimum Gasteiger partial charge on any atom is -0.371 e. The summed E-state index contributed by atoms with van der Waals surface area (Å²) in [5, 5.41) is 3.60. The number of amides is 1. The molecule has 1 aliphatic heterocycles. The van der Waals surface area contributed by atoms with E-state index >= 15 is 0 Å². The van der Waals surface area contributed by atoms with Gasteiger partial charge in [0.2, 0.25) is 5.91 Å². The number of anilines is 1. The van der Waals surface area contributed by atoms with Crippen LogP contribution < -0.4 is 11.1 Å². The molecule has 0 aromatic heterocycles. The maximum atomic E-state index is 13.5. The summed E-state index contributed by atoms with van der Waals surface area (Å²) in [6, 6.07) is 10.4. The SMILES string of the molecule is CC(C)C1CCN(C(=O)C2(Nc3ccccc3)CCC(N)CC2)CC1. The molecular formula is C21H33N3O. The number of nitrogens with one attached hydrogen (secondary N) is 1. The lowest BCUT2D eigenvalue weighted by molar-refractivity contribution is -0.139. The number of piperidine rings is 1. The Balaban J connectivity index is 1.74. The van der Waals surface area contributed by atoms with E-state index in [-0.39, 0.29) is 11.9 Å². The molecule has 4 nitrogen and oxygen atoms in total. The van der Waals surface area contributed by atoms with E-state index in [2.05, 4.69) is 36.2 Å². The zero-order chi connectivity index (χ0) is 17.9. The van der Waals surface area contributed by atoms with E-state index in [1.165, 1.54) is 0 Å². The van der Waals surface area contributed by atoms with Crippen molar-refractivity contribution in [1.82, 2.24) is 4.90 Å². The Morgan fingerprint density at radius 3 is 2.28 bits per heavy atom. The van der Waals surface area contributed by atoms with Crippen molar-refractivity contribution < 1.29 is 4.79 Å². The predicted molar refractivity (Wildman–Crippen MR) is 103 cm³/mol. The van der Waals surface area contributed by atoms with Crippen LogP contribution in [0.2, 0.25) is 0 Å². The quantitative estimate of drug-likeness (QED) is 0.877. The van der Waals surface area contributed by atoms with Crippen molar-refractivity contribution in [3.63, 3.8) is 0 Å². The Labute approximate surface area is 152 Å². The third-order valence-electron chi connectivity index (χ3n) is 6.22. The van der Waals surface area contributed by atoms with E-state index in [1.807, 2.05) is 18.2 Å². The largest absolute Gasteiger partial charge is 0.371 e. The van der Waals surface area contributed by atoms with Gasteiger partial charge in [0, 0.05) is 24.8 Å². The Hall–Kier alpha value is -1.55. The highest BCUT2D eigenvalue weighted by atomic mass is 16.2. The first kappa shape index (κ1) is 18.2. The summed E-state index contributed by atoms with van der Waals surface area (Å²) in [7, 11) is 0. The third kappa shape index (κ3) is 4.17. The van der Waals surface area contributed by atoms with Gasteiger partial charge in [-0.15, -0.1) is 0 Å².